The fourth-order valence-corrected chi connectivity index (χ4v) is 2.12. The molecule has 0 unspecified atom stereocenters. The summed E-state index contributed by atoms with van der Waals surface area (Å²) in [6, 6.07) is 5.93. The highest BCUT2D eigenvalue weighted by molar-refractivity contribution is 7.87. The first kappa shape index (κ1) is 20.0. The number of carbonyl (C=O) groups is 1. The number of benzene rings is 1. The lowest BCUT2D eigenvalue weighted by atomic mass is 10.0. The van der Waals surface area contributed by atoms with Gasteiger partial charge in [0.15, 0.2) is 5.76 Å². The van der Waals surface area contributed by atoms with E-state index in [1.54, 1.807) is 12.1 Å². The van der Waals surface area contributed by atoms with E-state index in [9.17, 15) is 26.4 Å². The first-order valence-electron chi connectivity index (χ1n) is 6.97. The Balaban J connectivity index is 3.27. The molecule has 0 aliphatic rings. The second-order valence-corrected chi connectivity index (χ2v) is 6.56. The van der Waals surface area contributed by atoms with Crippen LogP contribution < -0.4 is 0 Å². The molecule has 0 aliphatic carbocycles. The summed E-state index contributed by atoms with van der Waals surface area (Å²) in [5.41, 5.74) is -4.73. The van der Waals surface area contributed by atoms with E-state index in [1.807, 2.05) is 13.8 Å². The minimum Gasteiger partial charge on any atom is -0.463 e. The molecular weight excluding hydrogens is 349 g/mol. The average molecular weight is 366 g/mol. The van der Waals surface area contributed by atoms with Gasteiger partial charge in [0.1, 0.15) is 0 Å². The number of carbonyl (C=O) groups excluding carboxylic acids is 1. The van der Waals surface area contributed by atoms with Gasteiger partial charge in [0.2, 0.25) is 0 Å². The highest BCUT2D eigenvalue weighted by Gasteiger charge is 2.49. The number of esters is 1. The molecule has 0 aromatic heterocycles. The molecule has 1 rings (SSSR count). The Bertz CT molecular complexity index is 704. The van der Waals surface area contributed by atoms with Crippen LogP contribution in [0.1, 0.15) is 37.8 Å². The lowest BCUT2D eigenvalue weighted by Crippen LogP contribution is -2.25. The van der Waals surface area contributed by atoms with E-state index in [0.29, 0.717) is 6.08 Å². The molecule has 0 spiro atoms. The van der Waals surface area contributed by atoms with E-state index in [0.717, 1.165) is 5.56 Å². The van der Waals surface area contributed by atoms with Crippen LogP contribution >= 0.6 is 0 Å². The van der Waals surface area contributed by atoms with E-state index < -0.39 is 27.4 Å². The van der Waals surface area contributed by atoms with E-state index in [2.05, 4.69) is 8.92 Å². The molecule has 1 aromatic carbocycles. The Hall–Kier alpha value is -2.03. The summed E-state index contributed by atoms with van der Waals surface area (Å²) in [6.45, 7) is 5.29. The smallest absolute Gasteiger partial charge is 0.463 e. The molecule has 0 saturated carbocycles. The van der Waals surface area contributed by atoms with Crippen LogP contribution in [-0.2, 0) is 23.8 Å². The van der Waals surface area contributed by atoms with Crippen molar-refractivity contribution in [2.75, 3.05) is 6.61 Å². The van der Waals surface area contributed by atoms with E-state index in [4.69, 9.17) is 0 Å². The van der Waals surface area contributed by atoms with Crippen LogP contribution in [0.15, 0.2) is 30.3 Å². The van der Waals surface area contributed by atoms with Crippen molar-refractivity contribution in [3.63, 3.8) is 0 Å². The van der Waals surface area contributed by atoms with Gasteiger partial charge in [-0.05, 0) is 18.4 Å². The van der Waals surface area contributed by atoms with Gasteiger partial charge in [0.05, 0.1) is 12.7 Å². The molecule has 0 aliphatic heterocycles. The van der Waals surface area contributed by atoms with Crippen molar-refractivity contribution >= 4 is 21.8 Å². The summed E-state index contributed by atoms with van der Waals surface area (Å²) in [7, 11) is -5.91. The third-order valence-electron chi connectivity index (χ3n) is 2.88. The molecule has 24 heavy (non-hydrogen) atoms. The highest BCUT2D eigenvalue weighted by Crippen LogP contribution is 2.30. The van der Waals surface area contributed by atoms with Crippen molar-refractivity contribution in [3.8, 4) is 0 Å². The van der Waals surface area contributed by atoms with Crippen molar-refractivity contribution in [3.05, 3.63) is 41.5 Å². The third-order valence-corrected chi connectivity index (χ3v) is 3.85. The van der Waals surface area contributed by atoms with Gasteiger partial charge in [-0.15, -0.1) is 0 Å². The Morgan fingerprint density at radius 2 is 1.75 bits per heavy atom. The zero-order valence-corrected chi connectivity index (χ0v) is 14.1. The quantitative estimate of drug-likeness (QED) is 0.253. The van der Waals surface area contributed by atoms with E-state index in [-0.39, 0.29) is 18.1 Å². The first-order chi connectivity index (χ1) is 11.0. The lowest BCUT2D eigenvalue weighted by molar-refractivity contribution is -0.137. The molecule has 9 heteroatoms. The Morgan fingerprint density at radius 3 is 2.17 bits per heavy atom. The highest BCUT2D eigenvalue weighted by atomic mass is 32.2. The molecule has 134 valence electrons. The zero-order valence-electron chi connectivity index (χ0n) is 13.3. The number of rotatable bonds is 6. The number of hydrogen-bond acceptors (Lipinski definition) is 5. The van der Waals surface area contributed by atoms with Crippen LogP contribution in [-0.4, -0.2) is 26.5 Å². The summed E-state index contributed by atoms with van der Waals surface area (Å²) in [5, 5.41) is 0. The fraction of sp³-hybridized carbons (Fsp3) is 0.400. The van der Waals surface area contributed by atoms with Crippen LogP contribution in [0, 0.1) is 0 Å². The van der Waals surface area contributed by atoms with Gasteiger partial charge in [0.25, 0.3) is 0 Å². The number of halogens is 3. The standard InChI is InChI=1S/C15H17F3O5S/c1-4-22-14(19)9-13(23-24(20,21)15(16,17)18)12-7-5-11(6-8-12)10(2)3/h5-10H,4H2,1-3H3/b13-9-. The van der Waals surface area contributed by atoms with Crippen molar-refractivity contribution in [2.45, 2.75) is 32.2 Å². The molecule has 0 saturated heterocycles. The van der Waals surface area contributed by atoms with Crippen LogP contribution in [0.5, 0.6) is 0 Å². The Morgan fingerprint density at radius 1 is 1.21 bits per heavy atom. The van der Waals surface area contributed by atoms with Gasteiger partial charge < -0.3 is 8.92 Å². The fourth-order valence-electron chi connectivity index (χ4n) is 1.64. The number of ether oxygens (including phenoxy) is 1. The average Bonchev–Trinajstić information content (AvgIpc) is 2.45. The molecule has 0 N–H and O–H groups in total. The van der Waals surface area contributed by atoms with Crippen LogP contribution in [0.25, 0.3) is 5.76 Å². The first-order valence-corrected chi connectivity index (χ1v) is 8.38. The third kappa shape index (κ3) is 5.26. The molecule has 5 nitrogen and oxygen atoms in total. The van der Waals surface area contributed by atoms with Gasteiger partial charge in [-0.25, -0.2) is 4.79 Å². The monoisotopic (exact) mass is 366 g/mol. The van der Waals surface area contributed by atoms with Crippen LogP contribution in [0.4, 0.5) is 13.2 Å². The summed E-state index contributed by atoms with van der Waals surface area (Å²) < 4.78 is 68.6. The van der Waals surface area contributed by atoms with E-state index >= 15 is 0 Å². The molecule has 0 fully saturated rings. The van der Waals surface area contributed by atoms with Crippen molar-refractivity contribution in [1.82, 2.24) is 0 Å². The van der Waals surface area contributed by atoms with Gasteiger partial charge >= 0.3 is 21.6 Å². The molecule has 0 amide bonds. The lowest BCUT2D eigenvalue weighted by Gasteiger charge is -2.13. The van der Waals surface area contributed by atoms with Gasteiger partial charge in [-0.1, -0.05) is 38.1 Å². The molecule has 0 atom stereocenters. The molecular formula is C15H17F3O5S. The van der Waals surface area contributed by atoms with Gasteiger partial charge in [-0.3, -0.25) is 0 Å². The second kappa shape index (κ2) is 7.69. The largest absolute Gasteiger partial charge is 0.534 e. The molecule has 0 radical (unpaired) electrons. The summed E-state index contributed by atoms with van der Waals surface area (Å²) in [4.78, 5) is 11.5. The summed E-state index contributed by atoms with van der Waals surface area (Å²) in [6.07, 6.45) is 0.567. The van der Waals surface area contributed by atoms with Crippen molar-refractivity contribution in [2.24, 2.45) is 0 Å². The zero-order chi connectivity index (χ0) is 18.5. The van der Waals surface area contributed by atoms with Gasteiger partial charge in [-0.2, -0.15) is 21.6 Å². The summed E-state index contributed by atoms with van der Waals surface area (Å²) >= 11 is 0. The Labute approximate surface area is 138 Å². The predicted octanol–water partition coefficient (Wildman–Crippen LogP) is 3.58. The molecule has 0 heterocycles. The maximum atomic E-state index is 12.5. The normalized spacial score (nSPS) is 13.0. The van der Waals surface area contributed by atoms with Gasteiger partial charge in [0, 0.05) is 5.56 Å². The summed E-state index contributed by atoms with van der Waals surface area (Å²) in [5.74, 6) is -1.62. The Kier molecular flexibility index (Phi) is 6.42. The molecule has 1 aromatic rings. The minimum atomic E-state index is -5.91. The SMILES string of the molecule is CCOC(=O)/C=C(\OS(=O)(=O)C(F)(F)F)c1ccc(C(C)C)cc1. The number of hydrogen-bond donors (Lipinski definition) is 0. The minimum absolute atomic E-state index is 0.000257. The van der Waals surface area contributed by atoms with Crippen LogP contribution in [0.2, 0.25) is 0 Å². The second-order valence-electron chi connectivity index (χ2n) is 5.02. The predicted molar refractivity (Wildman–Crippen MR) is 81.2 cm³/mol. The topological polar surface area (TPSA) is 69.7 Å². The van der Waals surface area contributed by atoms with Crippen molar-refractivity contribution < 1.29 is 35.3 Å². The number of alkyl halides is 3. The van der Waals surface area contributed by atoms with Crippen molar-refractivity contribution in [1.29, 1.82) is 0 Å². The van der Waals surface area contributed by atoms with E-state index in [1.165, 1.54) is 19.1 Å². The molecule has 0 bridgehead atoms. The maximum absolute atomic E-state index is 12.5. The van der Waals surface area contributed by atoms with Crippen LogP contribution in [0.3, 0.4) is 0 Å². The maximum Gasteiger partial charge on any atom is 0.534 e.